The number of hydrogen-bond donors (Lipinski definition) is 1. The number of hydrogen-bond acceptors (Lipinski definition) is 4. The zero-order chi connectivity index (χ0) is 14.8. The smallest absolute Gasteiger partial charge is 0.305 e. The predicted molar refractivity (Wildman–Crippen MR) is 75.6 cm³/mol. The summed E-state index contributed by atoms with van der Waals surface area (Å²) in [6.07, 6.45) is 0.877. The minimum Gasteiger partial charge on any atom is -0.484 e. The first-order valence-electron chi connectivity index (χ1n) is 6.73. The molecule has 5 nitrogen and oxygen atoms in total. The molecule has 0 bridgehead atoms. The van der Waals surface area contributed by atoms with Crippen molar-refractivity contribution in [1.29, 1.82) is 0 Å². The number of esters is 1. The molecule has 0 aromatic heterocycles. The molecule has 0 saturated heterocycles. The molecule has 1 amide bonds. The Morgan fingerprint density at radius 2 is 1.90 bits per heavy atom. The van der Waals surface area contributed by atoms with E-state index in [-0.39, 0.29) is 18.5 Å². The van der Waals surface area contributed by atoms with Crippen LogP contribution in [-0.4, -0.2) is 31.6 Å². The third-order valence-electron chi connectivity index (χ3n) is 2.58. The molecule has 1 aromatic rings. The van der Waals surface area contributed by atoms with E-state index in [0.717, 1.165) is 5.56 Å². The van der Waals surface area contributed by atoms with Gasteiger partial charge in [-0.2, -0.15) is 0 Å². The Bertz CT molecular complexity index is 428. The molecule has 1 aromatic carbocycles. The first-order chi connectivity index (χ1) is 9.61. The normalized spacial score (nSPS) is 9.90. The number of carbonyl (C=O) groups excluding carboxylic acids is 2. The maximum Gasteiger partial charge on any atom is 0.305 e. The largest absolute Gasteiger partial charge is 0.484 e. The molecule has 0 heterocycles. The molecule has 0 aliphatic heterocycles. The Morgan fingerprint density at radius 3 is 2.55 bits per heavy atom. The Labute approximate surface area is 119 Å². The average Bonchev–Trinajstić information content (AvgIpc) is 2.43. The first kappa shape index (κ1) is 16.0. The van der Waals surface area contributed by atoms with Gasteiger partial charge in [0.15, 0.2) is 6.61 Å². The fourth-order valence-corrected chi connectivity index (χ4v) is 1.53. The lowest BCUT2D eigenvalue weighted by molar-refractivity contribution is -0.143. The molecule has 5 heteroatoms. The van der Waals surface area contributed by atoms with Gasteiger partial charge in [-0.3, -0.25) is 9.59 Å². The topological polar surface area (TPSA) is 64.6 Å². The van der Waals surface area contributed by atoms with Gasteiger partial charge in [0.2, 0.25) is 0 Å². The highest BCUT2D eigenvalue weighted by Gasteiger charge is 2.04. The van der Waals surface area contributed by atoms with E-state index in [2.05, 4.69) is 5.32 Å². The summed E-state index contributed by atoms with van der Waals surface area (Å²) in [6, 6.07) is 7.49. The summed E-state index contributed by atoms with van der Waals surface area (Å²) < 4.78 is 10.1. The first-order valence-corrected chi connectivity index (χ1v) is 6.73. The van der Waals surface area contributed by atoms with Crippen LogP contribution in [0.3, 0.4) is 0 Å². The summed E-state index contributed by atoms with van der Waals surface area (Å²) in [4.78, 5) is 22.6. The molecule has 0 atom stereocenters. The van der Waals surface area contributed by atoms with E-state index < -0.39 is 0 Å². The van der Waals surface area contributed by atoms with Crippen LogP contribution in [0.4, 0.5) is 0 Å². The molecular weight excluding hydrogens is 258 g/mol. The molecule has 110 valence electrons. The lowest BCUT2D eigenvalue weighted by atomic mass is 10.2. The van der Waals surface area contributed by atoms with Crippen LogP contribution in [0.15, 0.2) is 24.3 Å². The quantitative estimate of drug-likeness (QED) is 0.582. The third-order valence-corrected chi connectivity index (χ3v) is 2.58. The van der Waals surface area contributed by atoms with Gasteiger partial charge in [-0.1, -0.05) is 17.7 Å². The van der Waals surface area contributed by atoms with Gasteiger partial charge in [-0.25, -0.2) is 0 Å². The van der Waals surface area contributed by atoms with E-state index in [1.807, 2.05) is 31.2 Å². The average molecular weight is 279 g/mol. The summed E-state index contributed by atoms with van der Waals surface area (Å²) >= 11 is 0. The van der Waals surface area contributed by atoms with Crippen LogP contribution in [0.2, 0.25) is 0 Å². The van der Waals surface area contributed by atoms with Crippen LogP contribution in [0.25, 0.3) is 0 Å². The van der Waals surface area contributed by atoms with E-state index in [0.29, 0.717) is 31.7 Å². The standard InChI is InChI=1S/C15H21NO4/c1-3-19-15(18)5-4-10-16-14(17)11-20-13-8-6-12(2)7-9-13/h6-9H,3-5,10-11H2,1-2H3,(H,16,17). The van der Waals surface area contributed by atoms with Gasteiger partial charge in [-0.15, -0.1) is 0 Å². The molecule has 1 N–H and O–H groups in total. The number of aryl methyl sites for hydroxylation is 1. The van der Waals surface area contributed by atoms with Crippen LogP contribution in [-0.2, 0) is 14.3 Å². The van der Waals surface area contributed by atoms with Crippen LogP contribution >= 0.6 is 0 Å². The van der Waals surface area contributed by atoms with Crippen molar-refractivity contribution in [2.24, 2.45) is 0 Å². The van der Waals surface area contributed by atoms with E-state index in [1.54, 1.807) is 6.92 Å². The van der Waals surface area contributed by atoms with Gasteiger partial charge in [0.25, 0.3) is 5.91 Å². The van der Waals surface area contributed by atoms with E-state index in [4.69, 9.17) is 9.47 Å². The second-order valence-corrected chi connectivity index (χ2v) is 4.36. The van der Waals surface area contributed by atoms with Gasteiger partial charge in [-0.05, 0) is 32.4 Å². The SMILES string of the molecule is CCOC(=O)CCCNC(=O)COc1ccc(C)cc1. The summed E-state index contributed by atoms with van der Waals surface area (Å²) in [6.45, 7) is 4.55. The Kier molecular flexibility index (Phi) is 7.17. The van der Waals surface area contributed by atoms with E-state index >= 15 is 0 Å². The van der Waals surface area contributed by atoms with Crippen LogP contribution < -0.4 is 10.1 Å². The number of rotatable bonds is 8. The molecule has 0 aliphatic rings. The summed E-state index contributed by atoms with van der Waals surface area (Å²) in [5.74, 6) is 0.226. The van der Waals surface area contributed by atoms with Crippen molar-refractivity contribution in [3.8, 4) is 5.75 Å². The van der Waals surface area contributed by atoms with Gasteiger partial charge in [0.05, 0.1) is 6.61 Å². The van der Waals surface area contributed by atoms with Crippen molar-refractivity contribution in [2.75, 3.05) is 19.8 Å². The second kappa shape index (κ2) is 8.96. The van der Waals surface area contributed by atoms with Crippen molar-refractivity contribution in [1.82, 2.24) is 5.32 Å². The Morgan fingerprint density at radius 1 is 1.20 bits per heavy atom. The zero-order valence-corrected chi connectivity index (χ0v) is 12.0. The molecule has 0 spiro atoms. The summed E-state index contributed by atoms with van der Waals surface area (Å²) in [5, 5.41) is 2.69. The molecule has 20 heavy (non-hydrogen) atoms. The third kappa shape index (κ3) is 6.78. The highest BCUT2D eigenvalue weighted by Crippen LogP contribution is 2.10. The lowest BCUT2D eigenvalue weighted by Crippen LogP contribution is -2.30. The maximum atomic E-state index is 11.5. The minimum atomic E-state index is -0.238. The fourth-order valence-electron chi connectivity index (χ4n) is 1.53. The molecule has 0 unspecified atom stereocenters. The molecule has 0 saturated carbocycles. The summed E-state index contributed by atoms with van der Waals surface area (Å²) in [5.41, 5.74) is 1.14. The highest BCUT2D eigenvalue weighted by molar-refractivity contribution is 5.77. The molecule has 0 aliphatic carbocycles. The second-order valence-electron chi connectivity index (χ2n) is 4.36. The highest BCUT2D eigenvalue weighted by atomic mass is 16.5. The molecule has 0 radical (unpaired) electrons. The maximum absolute atomic E-state index is 11.5. The van der Waals surface area contributed by atoms with Gasteiger partial charge in [0.1, 0.15) is 5.75 Å². The van der Waals surface area contributed by atoms with Crippen molar-refractivity contribution in [3.63, 3.8) is 0 Å². The molecular formula is C15H21NO4. The molecule has 0 fully saturated rings. The van der Waals surface area contributed by atoms with Gasteiger partial charge in [0, 0.05) is 13.0 Å². The van der Waals surface area contributed by atoms with Crippen LogP contribution in [0, 0.1) is 6.92 Å². The van der Waals surface area contributed by atoms with Gasteiger partial charge >= 0.3 is 5.97 Å². The van der Waals surface area contributed by atoms with Crippen molar-refractivity contribution >= 4 is 11.9 Å². The van der Waals surface area contributed by atoms with Crippen molar-refractivity contribution in [3.05, 3.63) is 29.8 Å². The van der Waals surface area contributed by atoms with E-state index in [1.165, 1.54) is 0 Å². The zero-order valence-electron chi connectivity index (χ0n) is 12.0. The number of nitrogens with one attached hydrogen (secondary N) is 1. The predicted octanol–water partition coefficient (Wildman–Crippen LogP) is 1.83. The minimum absolute atomic E-state index is 0.0253. The number of amides is 1. The van der Waals surface area contributed by atoms with E-state index in [9.17, 15) is 9.59 Å². The number of ether oxygens (including phenoxy) is 2. The molecule has 1 rings (SSSR count). The fraction of sp³-hybridized carbons (Fsp3) is 0.467. The monoisotopic (exact) mass is 279 g/mol. The Balaban J connectivity index is 2.11. The van der Waals surface area contributed by atoms with Crippen molar-refractivity contribution < 1.29 is 19.1 Å². The van der Waals surface area contributed by atoms with Crippen molar-refractivity contribution in [2.45, 2.75) is 26.7 Å². The van der Waals surface area contributed by atoms with Crippen LogP contribution in [0.1, 0.15) is 25.3 Å². The lowest BCUT2D eigenvalue weighted by Gasteiger charge is -2.07. The van der Waals surface area contributed by atoms with Crippen LogP contribution in [0.5, 0.6) is 5.75 Å². The number of carbonyl (C=O) groups is 2. The summed E-state index contributed by atoms with van der Waals surface area (Å²) in [7, 11) is 0. The van der Waals surface area contributed by atoms with Gasteiger partial charge < -0.3 is 14.8 Å². The Hall–Kier alpha value is -2.04. The number of benzene rings is 1.